The van der Waals surface area contributed by atoms with Crippen LogP contribution in [0.1, 0.15) is 11.1 Å². The number of hydrogen-bond acceptors (Lipinski definition) is 7. The number of carbonyl (C=O) groups is 3. The van der Waals surface area contributed by atoms with Crippen molar-refractivity contribution in [3.8, 4) is 11.5 Å². The number of urea groups is 1. The van der Waals surface area contributed by atoms with Crippen LogP contribution in [0.4, 0.5) is 4.79 Å². The number of nitrogens with one attached hydrogen (secondary N) is 2. The second-order valence-corrected chi connectivity index (χ2v) is 8.13. The third kappa shape index (κ3) is 4.44. The number of rotatable bonds is 5. The second kappa shape index (κ2) is 8.17. The highest BCUT2D eigenvalue weighted by Crippen LogP contribution is 2.38. The van der Waals surface area contributed by atoms with Gasteiger partial charge in [-0.3, -0.25) is 20.2 Å². The van der Waals surface area contributed by atoms with Crippen molar-refractivity contribution in [1.29, 1.82) is 0 Å². The number of amides is 4. The van der Waals surface area contributed by atoms with Crippen molar-refractivity contribution >= 4 is 45.6 Å². The Bertz CT molecular complexity index is 1170. The van der Waals surface area contributed by atoms with Gasteiger partial charge < -0.3 is 8.92 Å². The zero-order chi connectivity index (χ0) is 22.1. The van der Waals surface area contributed by atoms with E-state index in [0.29, 0.717) is 0 Å². The first-order chi connectivity index (χ1) is 14.1. The van der Waals surface area contributed by atoms with E-state index in [0.717, 1.165) is 5.56 Å². The van der Waals surface area contributed by atoms with Gasteiger partial charge in [0.2, 0.25) is 5.75 Å². The molecule has 9 nitrogen and oxygen atoms in total. The summed E-state index contributed by atoms with van der Waals surface area (Å²) in [6, 6.07) is 7.72. The van der Waals surface area contributed by atoms with Crippen molar-refractivity contribution in [2.75, 3.05) is 7.11 Å². The molecule has 11 heteroatoms. The van der Waals surface area contributed by atoms with Crippen molar-refractivity contribution in [2.45, 2.75) is 11.8 Å². The maximum atomic E-state index is 12.6. The van der Waals surface area contributed by atoms with Crippen LogP contribution in [-0.4, -0.2) is 33.4 Å². The molecule has 156 valence electrons. The molecule has 1 aliphatic rings. The minimum absolute atomic E-state index is 0.0438. The number of aryl methyl sites for hydroxylation is 1. The number of benzene rings is 2. The fourth-order valence-corrected chi connectivity index (χ4v) is 3.80. The summed E-state index contributed by atoms with van der Waals surface area (Å²) in [6.07, 6.45) is 1.17. The van der Waals surface area contributed by atoms with Crippen molar-refractivity contribution in [3.63, 3.8) is 0 Å². The molecular formula is C19H15ClN2O7S. The molecule has 0 unspecified atom stereocenters. The summed E-state index contributed by atoms with van der Waals surface area (Å²) in [4.78, 5) is 34.8. The van der Waals surface area contributed by atoms with Crippen LogP contribution < -0.4 is 19.6 Å². The predicted molar refractivity (Wildman–Crippen MR) is 107 cm³/mol. The smallest absolute Gasteiger partial charge is 0.339 e. The molecule has 0 saturated carbocycles. The topological polar surface area (TPSA) is 128 Å². The molecule has 0 radical (unpaired) electrons. The lowest BCUT2D eigenvalue weighted by Crippen LogP contribution is -2.51. The van der Waals surface area contributed by atoms with Crippen molar-refractivity contribution in [2.24, 2.45) is 0 Å². The highest BCUT2D eigenvalue weighted by molar-refractivity contribution is 7.87. The van der Waals surface area contributed by atoms with Gasteiger partial charge in [0.05, 0.1) is 12.1 Å². The average Bonchev–Trinajstić information content (AvgIpc) is 2.66. The molecule has 0 aromatic heterocycles. The van der Waals surface area contributed by atoms with E-state index in [-0.39, 0.29) is 32.6 Å². The Kier molecular flexibility index (Phi) is 5.81. The summed E-state index contributed by atoms with van der Waals surface area (Å²) in [5, 5.41) is 3.75. The Balaban J connectivity index is 1.98. The van der Waals surface area contributed by atoms with Gasteiger partial charge in [0.15, 0.2) is 5.75 Å². The molecule has 0 atom stereocenters. The van der Waals surface area contributed by atoms with Crippen LogP contribution in [0.3, 0.4) is 0 Å². The first kappa shape index (κ1) is 21.3. The van der Waals surface area contributed by atoms with Crippen molar-refractivity contribution in [3.05, 3.63) is 58.1 Å². The van der Waals surface area contributed by atoms with E-state index < -0.39 is 28.0 Å². The van der Waals surface area contributed by atoms with Gasteiger partial charge in [-0.15, -0.1) is 0 Å². The lowest BCUT2D eigenvalue weighted by molar-refractivity contribution is -0.123. The summed E-state index contributed by atoms with van der Waals surface area (Å²) in [6.45, 7) is 1.81. The molecule has 2 aromatic rings. The van der Waals surface area contributed by atoms with Gasteiger partial charge in [-0.05, 0) is 42.8 Å². The van der Waals surface area contributed by atoms with Crippen LogP contribution in [0.2, 0.25) is 5.02 Å². The zero-order valence-electron chi connectivity index (χ0n) is 15.7. The maximum absolute atomic E-state index is 12.6. The molecule has 4 amide bonds. The number of imide groups is 2. The van der Waals surface area contributed by atoms with Crippen LogP contribution in [0, 0.1) is 6.92 Å². The Morgan fingerprint density at radius 3 is 2.17 bits per heavy atom. The highest BCUT2D eigenvalue weighted by atomic mass is 35.5. The first-order valence-electron chi connectivity index (χ1n) is 8.38. The highest BCUT2D eigenvalue weighted by Gasteiger charge is 2.28. The summed E-state index contributed by atoms with van der Waals surface area (Å²) in [5.41, 5.74) is 0.777. The van der Waals surface area contributed by atoms with Gasteiger partial charge in [0.1, 0.15) is 10.5 Å². The van der Waals surface area contributed by atoms with Gasteiger partial charge >= 0.3 is 16.1 Å². The van der Waals surface area contributed by atoms with Crippen LogP contribution in [0.25, 0.3) is 6.08 Å². The fraction of sp³-hybridized carbons (Fsp3) is 0.105. The normalized spacial score (nSPS) is 14.1. The molecule has 1 fully saturated rings. The summed E-state index contributed by atoms with van der Waals surface area (Å²) >= 11 is 6.19. The molecule has 1 saturated heterocycles. The Hall–Kier alpha value is -3.37. The molecule has 2 aromatic carbocycles. The average molecular weight is 451 g/mol. The molecule has 30 heavy (non-hydrogen) atoms. The molecule has 0 spiro atoms. The number of carbonyl (C=O) groups excluding carboxylic acids is 3. The van der Waals surface area contributed by atoms with E-state index in [1.54, 1.807) is 12.1 Å². The third-order valence-electron chi connectivity index (χ3n) is 4.01. The molecule has 2 N–H and O–H groups in total. The summed E-state index contributed by atoms with van der Waals surface area (Å²) < 4.78 is 35.5. The van der Waals surface area contributed by atoms with Gasteiger partial charge in [-0.1, -0.05) is 29.3 Å². The summed E-state index contributed by atoms with van der Waals surface area (Å²) in [5.74, 6) is -2.07. The van der Waals surface area contributed by atoms with Crippen LogP contribution in [0.5, 0.6) is 11.5 Å². The minimum Gasteiger partial charge on any atom is -0.493 e. The number of ether oxygens (including phenoxy) is 1. The first-order valence-corrected chi connectivity index (χ1v) is 10.2. The Labute approximate surface area is 176 Å². The third-order valence-corrected chi connectivity index (χ3v) is 5.53. The van der Waals surface area contributed by atoms with Crippen LogP contribution in [0.15, 0.2) is 46.9 Å². The molecule has 0 bridgehead atoms. The zero-order valence-corrected chi connectivity index (χ0v) is 17.3. The van der Waals surface area contributed by atoms with E-state index in [1.165, 1.54) is 37.5 Å². The lowest BCUT2D eigenvalue weighted by atomic mass is 10.1. The van der Waals surface area contributed by atoms with E-state index in [2.05, 4.69) is 0 Å². The Morgan fingerprint density at radius 2 is 1.60 bits per heavy atom. The van der Waals surface area contributed by atoms with E-state index in [9.17, 15) is 22.8 Å². The second-order valence-electron chi connectivity index (χ2n) is 6.18. The van der Waals surface area contributed by atoms with E-state index in [1.807, 2.05) is 17.6 Å². The molecule has 1 heterocycles. The fourth-order valence-electron chi connectivity index (χ4n) is 2.54. The van der Waals surface area contributed by atoms with Crippen molar-refractivity contribution in [1.82, 2.24) is 10.6 Å². The van der Waals surface area contributed by atoms with Crippen molar-refractivity contribution < 1.29 is 31.7 Å². The number of halogens is 1. The van der Waals surface area contributed by atoms with Gasteiger partial charge in [0.25, 0.3) is 11.8 Å². The summed E-state index contributed by atoms with van der Waals surface area (Å²) in [7, 11) is -2.92. The van der Waals surface area contributed by atoms with Gasteiger partial charge in [0, 0.05) is 0 Å². The van der Waals surface area contributed by atoms with Crippen LogP contribution in [-0.2, 0) is 19.7 Å². The lowest BCUT2D eigenvalue weighted by Gasteiger charge is -2.15. The molecular weight excluding hydrogens is 436 g/mol. The standard InChI is InChI=1S/C19H15ClN2O7S/c1-10-3-5-12(6-4-10)30(26,27)29-16-14(20)8-11(9-15(16)28-2)7-13-17(23)21-19(25)22-18(13)24/h3-9H,1-2H3,(H2,21,22,23,24,25). The Morgan fingerprint density at radius 1 is 1.00 bits per heavy atom. The van der Waals surface area contributed by atoms with Gasteiger partial charge in [-0.25, -0.2) is 4.79 Å². The molecule has 0 aliphatic carbocycles. The minimum atomic E-state index is -4.19. The molecule has 1 aliphatic heterocycles. The van der Waals surface area contributed by atoms with Crippen LogP contribution >= 0.6 is 11.6 Å². The number of hydrogen-bond donors (Lipinski definition) is 2. The number of barbiturate groups is 1. The predicted octanol–water partition coefficient (Wildman–Crippen LogP) is 2.17. The monoisotopic (exact) mass is 450 g/mol. The number of methoxy groups -OCH3 is 1. The van der Waals surface area contributed by atoms with E-state index in [4.69, 9.17) is 20.5 Å². The van der Waals surface area contributed by atoms with E-state index >= 15 is 0 Å². The SMILES string of the molecule is COc1cc(C=C2C(=O)NC(=O)NC2=O)cc(Cl)c1OS(=O)(=O)c1ccc(C)cc1. The maximum Gasteiger partial charge on any atom is 0.339 e. The quantitative estimate of drug-likeness (QED) is 0.406. The largest absolute Gasteiger partial charge is 0.493 e. The molecule has 3 rings (SSSR count). The van der Waals surface area contributed by atoms with Gasteiger partial charge in [-0.2, -0.15) is 8.42 Å².